The number of hydrogen-bond donors (Lipinski definition) is 2. The topological polar surface area (TPSA) is 86.2 Å². The van der Waals surface area contributed by atoms with Crippen molar-refractivity contribution in [1.29, 1.82) is 0 Å². The summed E-state index contributed by atoms with van der Waals surface area (Å²) in [7, 11) is 0. The normalized spacial score (nSPS) is 9.73. The molecule has 4 N–H and O–H groups in total. The minimum Gasteiger partial charge on any atom is -0.370 e. The number of nitrogens with two attached hydrogens (primary N) is 2. The van der Waals surface area contributed by atoms with Crippen LogP contribution in [0.3, 0.4) is 0 Å². The molecule has 0 bridgehead atoms. The van der Waals surface area contributed by atoms with E-state index in [9.17, 15) is 9.59 Å². The molecule has 0 unspecified atom stereocenters. The van der Waals surface area contributed by atoms with E-state index in [0.29, 0.717) is 25.7 Å². The van der Waals surface area contributed by atoms with E-state index in [4.69, 9.17) is 11.5 Å². The molecule has 0 fully saturated rings. The van der Waals surface area contributed by atoms with Crippen LogP contribution in [0.1, 0.15) is 39.5 Å². The van der Waals surface area contributed by atoms with Crippen LogP contribution < -0.4 is 11.5 Å². The van der Waals surface area contributed by atoms with E-state index < -0.39 is 0 Å². The predicted octanol–water partition coefficient (Wildman–Crippen LogP) is 1.39. The monoisotopic (exact) mass is 258 g/mol. The molecule has 0 saturated heterocycles. The summed E-state index contributed by atoms with van der Waals surface area (Å²) in [5.74, 6) is -0.598. The Kier molecular flexibility index (Phi) is 11.7. The molecule has 0 aromatic heterocycles. The lowest BCUT2D eigenvalue weighted by Crippen LogP contribution is -2.20. The molecular formula is C9H20Cl2N2O2. The summed E-state index contributed by atoms with van der Waals surface area (Å²) in [4.78, 5) is 21.0. The van der Waals surface area contributed by atoms with Gasteiger partial charge < -0.3 is 11.5 Å². The van der Waals surface area contributed by atoms with Crippen molar-refractivity contribution in [2.45, 2.75) is 39.5 Å². The molecule has 0 radical (unpaired) electrons. The van der Waals surface area contributed by atoms with Crippen LogP contribution in [-0.4, -0.2) is 11.8 Å². The summed E-state index contributed by atoms with van der Waals surface area (Å²) in [5.41, 5.74) is 10.0. The second-order valence-corrected chi connectivity index (χ2v) is 4.10. The summed E-state index contributed by atoms with van der Waals surface area (Å²) >= 11 is 0. The largest absolute Gasteiger partial charge is 0.370 e. The van der Waals surface area contributed by atoms with Gasteiger partial charge in [-0.25, -0.2) is 0 Å². The zero-order valence-electron chi connectivity index (χ0n) is 9.12. The van der Waals surface area contributed by atoms with Crippen LogP contribution in [0.2, 0.25) is 0 Å². The minimum absolute atomic E-state index is 0. The number of halogens is 2. The molecule has 0 aliphatic heterocycles. The molecule has 0 aromatic carbocycles. The van der Waals surface area contributed by atoms with E-state index in [0.717, 1.165) is 0 Å². The first-order chi connectivity index (χ1) is 5.83. The van der Waals surface area contributed by atoms with E-state index in [1.807, 2.05) is 13.8 Å². The second-order valence-electron chi connectivity index (χ2n) is 4.10. The van der Waals surface area contributed by atoms with Gasteiger partial charge in [-0.15, -0.1) is 24.8 Å². The fourth-order valence-electron chi connectivity index (χ4n) is 1.05. The average Bonchev–Trinajstić information content (AvgIpc) is 1.98. The van der Waals surface area contributed by atoms with Crippen LogP contribution in [-0.2, 0) is 9.59 Å². The van der Waals surface area contributed by atoms with Gasteiger partial charge in [-0.1, -0.05) is 13.8 Å². The van der Waals surface area contributed by atoms with Crippen molar-refractivity contribution in [3.05, 3.63) is 0 Å². The van der Waals surface area contributed by atoms with Crippen molar-refractivity contribution < 1.29 is 9.59 Å². The van der Waals surface area contributed by atoms with E-state index in [1.165, 1.54) is 0 Å². The molecule has 15 heavy (non-hydrogen) atoms. The quantitative estimate of drug-likeness (QED) is 0.755. The van der Waals surface area contributed by atoms with Crippen LogP contribution in [0.5, 0.6) is 0 Å². The maximum Gasteiger partial charge on any atom is 0.217 e. The lowest BCUT2D eigenvalue weighted by molar-refractivity contribution is -0.118. The van der Waals surface area contributed by atoms with Crippen LogP contribution in [0.15, 0.2) is 0 Å². The van der Waals surface area contributed by atoms with Crippen molar-refractivity contribution >= 4 is 36.6 Å². The number of hydrogen-bond acceptors (Lipinski definition) is 2. The molecular weight excluding hydrogens is 239 g/mol. The van der Waals surface area contributed by atoms with Gasteiger partial charge in [0.25, 0.3) is 0 Å². The highest BCUT2D eigenvalue weighted by Crippen LogP contribution is 2.27. The van der Waals surface area contributed by atoms with Crippen molar-refractivity contribution in [1.82, 2.24) is 0 Å². The van der Waals surface area contributed by atoms with Crippen molar-refractivity contribution in [3.8, 4) is 0 Å². The van der Waals surface area contributed by atoms with Crippen LogP contribution in [0.25, 0.3) is 0 Å². The van der Waals surface area contributed by atoms with Crippen molar-refractivity contribution in [3.63, 3.8) is 0 Å². The SMILES string of the molecule is CC(C)(CCC(N)=O)CCC(N)=O.Cl.Cl. The van der Waals surface area contributed by atoms with E-state index >= 15 is 0 Å². The summed E-state index contributed by atoms with van der Waals surface area (Å²) in [5, 5.41) is 0. The first-order valence-electron chi connectivity index (χ1n) is 4.40. The Morgan fingerprint density at radius 1 is 0.933 bits per heavy atom. The third-order valence-electron chi connectivity index (χ3n) is 2.10. The minimum atomic E-state index is -0.299. The Hall–Kier alpha value is -0.480. The average molecular weight is 259 g/mol. The van der Waals surface area contributed by atoms with Gasteiger partial charge in [0.15, 0.2) is 0 Å². The fourth-order valence-corrected chi connectivity index (χ4v) is 1.05. The Balaban J connectivity index is -0.000000720. The second kappa shape index (κ2) is 8.80. The zero-order valence-corrected chi connectivity index (χ0v) is 10.7. The molecule has 2 amide bonds. The van der Waals surface area contributed by atoms with E-state index in [1.54, 1.807) is 0 Å². The first kappa shape index (κ1) is 20.0. The van der Waals surface area contributed by atoms with Gasteiger partial charge in [0.1, 0.15) is 0 Å². The maximum absolute atomic E-state index is 10.5. The van der Waals surface area contributed by atoms with E-state index in [-0.39, 0.29) is 42.0 Å². The molecule has 92 valence electrons. The van der Waals surface area contributed by atoms with Crippen LogP contribution >= 0.6 is 24.8 Å². The molecule has 0 atom stereocenters. The molecule has 4 nitrogen and oxygen atoms in total. The summed E-state index contributed by atoms with van der Waals surface area (Å²) < 4.78 is 0. The van der Waals surface area contributed by atoms with Gasteiger partial charge in [0, 0.05) is 12.8 Å². The Morgan fingerprint density at radius 2 is 1.20 bits per heavy atom. The standard InChI is InChI=1S/C9H18N2O2.2ClH/c1-9(2,5-3-7(10)12)6-4-8(11)13;;/h3-6H2,1-2H3,(H2,10,12)(H2,11,13);2*1H. The molecule has 0 aromatic rings. The Labute approximate surface area is 103 Å². The number of primary amides is 2. The molecule has 0 heterocycles. The number of carbonyl (C=O) groups excluding carboxylic acids is 2. The van der Waals surface area contributed by atoms with Gasteiger partial charge in [-0.05, 0) is 18.3 Å². The van der Waals surface area contributed by atoms with Crippen molar-refractivity contribution in [2.24, 2.45) is 16.9 Å². The predicted molar refractivity (Wildman–Crippen MR) is 65.1 cm³/mol. The molecule has 0 rings (SSSR count). The Morgan fingerprint density at radius 3 is 1.40 bits per heavy atom. The molecule has 0 saturated carbocycles. The number of rotatable bonds is 6. The fraction of sp³-hybridized carbons (Fsp3) is 0.778. The molecule has 0 aliphatic rings. The molecule has 0 aliphatic carbocycles. The van der Waals surface area contributed by atoms with E-state index in [2.05, 4.69) is 0 Å². The van der Waals surface area contributed by atoms with Crippen LogP contribution in [0, 0.1) is 5.41 Å². The van der Waals surface area contributed by atoms with Gasteiger partial charge in [0.2, 0.25) is 11.8 Å². The summed E-state index contributed by atoms with van der Waals surface area (Å²) in [6.45, 7) is 4.00. The van der Waals surface area contributed by atoms with Gasteiger partial charge in [-0.3, -0.25) is 9.59 Å². The number of carbonyl (C=O) groups is 2. The van der Waals surface area contributed by atoms with Crippen molar-refractivity contribution in [2.75, 3.05) is 0 Å². The van der Waals surface area contributed by atoms with Gasteiger partial charge in [-0.2, -0.15) is 0 Å². The lowest BCUT2D eigenvalue weighted by Gasteiger charge is -2.22. The van der Waals surface area contributed by atoms with Gasteiger partial charge in [0.05, 0.1) is 0 Å². The highest BCUT2D eigenvalue weighted by atomic mass is 35.5. The molecule has 6 heteroatoms. The summed E-state index contributed by atoms with van der Waals surface area (Å²) in [6.07, 6.45) is 2.14. The summed E-state index contributed by atoms with van der Waals surface area (Å²) in [6, 6.07) is 0. The molecule has 0 spiro atoms. The first-order valence-corrected chi connectivity index (χ1v) is 4.40. The number of amides is 2. The van der Waals surface area contributed by atoms with Crippen LogP contribution in [0.4, 0.5) is 0 Å². The van der Waals surface area contributed by atoms with Gasteiger partial charge >= 0.3 is 0 Å². The lowest BCUT2D eigenvalue weighted by atomic mass is 9.83. The highest BCUT2D eigenvalue weighted by Gasteiger charge is 2.19. The third-order valence-corrected chi connectivity index (χ3v) is 2.10. The Bertz CT molecular complexity index is 188. The highest BCUT2D eigenvalue weighted by molar-refractivity contribution is 5.85. The maximum atomic E-state index is 10.5. The zero-order chi connectivity index (χ0) is 10.5. The third kappa shape index (κ3) is 13.5. The smallest absolute Gasteiger partial charge is 0.217 e.